The summed E-state index contributed by atoms with van der Waals surface area (Å²) in [6.07, 6.45) is 26.5. The van der Waals surface area contributed by atoms with Crippen molar-refractivity contribution in [1.82, 2.24) is 18.3 Å². The Morgan fingerprint density at radius 1 is 0.370 bits per heavy atom. The van der Waals surface area contributed by atoms with Crippen molar-refractivity contribution in [3.63, 3.8) is 0 Å². The summed E-state index contributed by atoms with van der Waals surface area (Å²) in [5, 5.41) is 0. The minimum absolute atomic E-state index is 0.0341. The van der Waals surface area contributed by atoms with Crippen LogP contribution in [-0.2, 0) is 48.3 Å². The molecule has 4 heterocycles. The predicted octanol–water partition coefficient (Wildman–Crippen LogP) is 5.26. The molecular weight excluding hydrogens is 568 g/mol. The molecule has 0 aliphatic rings. The highest BCUT2D eigenvalue weighted by atomic mass is 15.2. The van der Waals surface area contributed by atoms with Crippen molar-refractivity contribution >= 4 is 0 Å². The SMILES string of the molecule is CC(C)(C)n1cc[n+](Cc2cc(C[n+]3ccn(C(C)(C)C)c3)c(C[n+]3ccn(C(C)(C)C)c3)cc2C[n+]2ccn(C(C)(C)C)c2)c1. The zero-order valence-corrected chi connectivity index (χ0v) is 30.5. The van der Waals surface area contributed by atoms with Gasteiger partial charge in [-0.1, -0.05) is 0 Å². The predicted molar refractivity (Wildman–Crippen MR) is 181 cm³/mol. The summed E-state index contributed by atoms with van der Waals surface area (Å²) in [4.78, 5) is 0. The molecule has 46 heavy (non-hydrogen) atoms. The molecule has 0 saturated heterocycles. The van der Waals surface area contributed by atoms with Crippen LogP contribution in [0.3, 0.4) is 0 Å². The first-order valence-electron chi connectivity index (χ1n) is 16.7. The summed E-state index contributed by atoms with van der Waals surface area (Å²) in [7, 11) is 0. The Kier molecular flexibility index (Phi) is 8.73. The first-order valence-corrected chi connectivity index (χ1v) is 16.7. The second-order valence-corrected chi connectivity index (χ2v) is 17.0. The third kappa shape index (κ3) is 7.88. The Balaban J connectivity index is 1.60. The van der Waals surface area contributed by atoms with Crippen LogP contribution in [0.4, 0.5) is 0 Å². The summed E-state index contributed by atoms with van der Waals surface area (Å²) in [5.74, 6) is 0. The number of imidazole rings is 4. The van der Waals surface area contributed by atoms with Gasteiger partial charge in [0, 0.05) is 22.3 Å². The summed E-state index contributed by atoms with van der Waals surface area (Å²) >= 11 is 0. The van der Waals surface area contributed by atoms with Gasteiger partial charge in [0.05, 0.1) is 0 Å². The lowest BCUT2D eigenvalue weighted by atomic mass is 9.97. The van der Waals surface area contributed by atoms with Gasteiger partial charge in [-0.25, -0.2) is 36.5 Å². The third-order valence-electron chi connectivity index (χ3n) is 8.80. The molecule has 0 N–H and O–H groups in total. The smallest absolute Gasteiger partial charge is 0.233 e. The third-order valence-corrected chi connectivity index (χ3v) is 8.80. The Bertz CT molecular complexity index is 1520. The first kappa shape index (κ1) is 33.4. The van der Waals surface area contributed by atoms with E-state index in [2.05, 4.69) is 207 Å². The molecule has 5 aromatic rings. The zero-order chi connectivity index (χ0) is 33.7. The van der Waals surface area contributed by atoms with Crippen molar-refractivity contribution in [2.24, 2.45) is 0 Å². The minimum Gasteiger partial charge on any atom is -0.233 e. The maximum atomic E-state index is 2.47. The molecule has 246 valence electrons. The Hall–Kier alpha value is -3.94. The second kappa shape index (κ2) is 12.0. The van der Waals surface area contributed by atoms with Gasteiger partial charge < -0.3 is 0 Å². The van der Waals surface area contributed by atoms with Gasteiger partial charge in [0.15, 0.2) is 0 Å². The van der Waals surface area contributed by atoms with Crippen LogP contribution < -0.4 is 18.3 Å². The topological polar surface area (TPSA) is 35.2 Å². The van der Waals surface area contributed by atoms with Gasteiger partial charge in [-0.2, -0.15) is 0 Å². The van der Waals surface area contributed by atoms with Crippen LogP contribution in [0.5, 0.6) is 0 Å². The molecule has 0 atom stereocenters. The second-order valence-electron chi connectivity index (χ2n) is 17.0. The van der Waals surface area contributed by atoms with Crippen LogP contribution in [0.25, 0.3) is 0 Å². The van der Waals surface area contributed by atoms with Gasteiger partial charge >= 0.3 is 0 Å². The van der Waals surface area contributed by atoms with Crippen molar-refractivity contribution in [1.29, 1.82) is 0 Å². The van der Waals surface area contributed by atoms with E-state index in [1.165, 1.54) is 22.3 Å². The summed E-state index contributed by atoms with van der Waals surface area (Å²) in [5.41, 5.74) is 5.52. The number of rotatable bonds is 8. The van der Waals surface area contributed by atoms with Crippen LogP contribution in [0, 0.1) is 0 Å². The molecule has 0 saturated carbocycles. The Morgan fingerprint density at radius 2 is 0.565 bits per heavy atom. The lowest BCUT2D eigenvalue weighted by Crippen LogP contribution is -2.39. The normalized spacial score (nSPS) is 13.1. The van der Waals surface area contributed by atoms with Gasteiger partial charge in [-0.05, 0) is 95.2 Å². The van der Waals surface area contributed by atoms with E-state index in [0.29, 0.717) is 0 Å². The van der Waals surface area contributed by atoms with E-state index in [1.807, 2.05) is 0 Å². The zero-order valence-electron chi connectivity index (χ0n) is 30.5. The van der Waals surface area contributed by atoms with Crippen molar-refractivity contribution in [3.05, 3.63) is 109 Å². The molecule has 5 rings (SSSR count). The van der Waals surface area contributed by atoms with E-state index < -0.39 is 0 Å². The molecule has 0 aliphatic heterocycles. The van der Waals surface area contributed by atoms with E-state index in [9.17, 15) is 0 Å². The maximum absolute atomic E-state index is 2.47. The van der Waals surface area contributed by atoms with E-state index in [4.69, 9.17) is 0 Å². The maximum Gasteiger partial charge on any atom is 0.244 e. The molecule has 0 bridgehead atoms. The summed E-state index contributed by atoms with van der Waals surface area (Å²) < 4.78 is 18.5. The Labute approximate surface area is 276 Å². The molecule has 0 radical (unpaired) electrons. The molecule has 0 fully saturated rings. The van der Waals surface area contributed by atoms with Crippen molar-refractivity contribution < 1.29 is 18.3 Å². The van der Waals surface area contributed by atoms with E-state index in [1.54, 1.807) is 0 Å². The van der Waals surface area contributed by atoms with Gasteiger partial charge in [0.25, 0.3) is 0 Å². The largest absolute Gasteiger partial charge is 0.244 e. The van der Waals surface area contributed by atoms with Crippen LogP contribution in [0.15, 0.2) is 87.0 Å². The molecule has 0 aliphatic carbocycles. The van der Waals surface area contributed by atoms with E-state index >= 15 is 0 Å². The lowest BCUT2D eigenvalue weighted by Gasteiger charge is -2.16. The van der Waals surface area contributed by atoms with Crippen LogP contribution in [0.1, 0.15) is 105 Å². The fourth-order valence-corrected chi connectivity index (χ4v) is 5.71. The molecule has 0 unspecified atom stereocenters. The van der Waals surface area contributed by atoms with E-state index in [-0.39, 0.29) is 22.2 Å². The molecule has 8 nitrogen and oxygen atoms in total. The highest BCUT2D eigenvalue weighted by molar-refractivity contribution is 5.37. The number of nitrogens with zero attached hydrogens (tertiary/aromatic N) is 8. The molecule has 0 spiro atoms. The molecule has 8 heteroatoms. The summed E-state index contributed by atoms with van der Waals surface area (Å²) in [6.45, 7) is 30.2. The number of aromatic nitrogens is 8. The van der Waals surface area contributed by atoms with E-state index in [0.717, 1.165) is 26.2 Å². The molecular formula is C38H58N8+4. The number of benzene rings is 1. The van der Waals surface area contributed by atoms with Gasteiger partial charge in [0.1, 0.15) is 97.9 Å². The van der Waals surface area contributed by atoms with Gasteiger partial charge in [-0.3, -0.25) is 0 Å². The van der Waals surface area contributed by atoms with Gasteiger partial charge in [0.2, 0.25) is 25.3 Å². The number of hydrogen-bond acceptors (Lipinski definition) is 0. The Morgan fingerprint density at radius 3 is 0.717 bits per heavy atom. The molecule has 4 aromatic heterocycles. The monoisotopic (exact) mass is 626 g/mol. The fraction of sp³-hybridized carbons (Fsp3) is 0.526. The fourth-order valence-electron chi connectivity index (χ4n) is 5.71. The average Bonchev–Trinajstić information content (AvgIpc) is 3.72. The average molecular weight is 627 g/mol. The highest BCUT2D eigenvalue weighted by Crippen LogP contribution is 2.21. The molecule has 0 amide bonds. The van der Waals surface area contributed by atoms with Crippen molar-refractivity contribution in [2.45, 2.75) is 131 Å². The van der Waals surface area contributed by atoms with Crippen LogP contribution in [-0.4, -0.2) is 18.3 Å². The standard InChI is InChI=1S/C38H58N8/c1-35(2,3)43-17-13-39(27-43)23-31-21-33(25-41-15-19-45(29-41)37(7,8)9)34(26-42-16-20-46(30-42)38(10,11)12)22-32(31)24-40-14-18-44(28-40)36(4,5)6/h13-22,27-30H,23-26H2,1-12H3/q+4. The quantitative estimate of drug-likeness (QED) is 0.211. The highest BCUT2D eigenvalue weighted by Gasteiger charge is 2.25. The van der Waals surface area contributed by atoms with Crippen molar-refractivity contribution in [2.75, 3.05) is 0 Å². The van der Waals surface area contributed by atoms with Crippen LogP contribution in [0.2, 0.25) is 0 Å². The van der Waals surface area contributed by atoms with Crippen LogP contribution >= 0.6 is 0 Å². The molecule has 1 aromatic carbocycles. The summed E-state index contributed by atoms with van der Waals surface area (Å²) in [6, 6.07) is 4.94. The van der Waals surface area contributed by atoms with Gasteiger partial charge in [-0.15, -0.1) is 0 Å². The number of hydrogen-bond donors (Lipinski definition) is 0. The van der Waals surface area contributed by atoms with Crippen molar-refractivity contribution in [3.8, 4) is 0 Å². The lowest BCUT2D eigenvalue weighted by molar-refractivity contribution is -0.694. The first-order chi connectivity index (χ1) is 21.3. The minimum atomic E-state index is 0.0341.